The van der Waals surface area contributed by atoms with E-state index >= 15 is 0 Å². The Morgan fingerprint density at radius 1 is 1.50 bits per heavy atom. The van der Waals surface area contributed by atoms with Gasteiger partial charge in [-0.25, -0.2) is 4.98 Å². The lowest BCUT2D eigenvalue weighted by molar-refractivity contribution is 1.34. The number of hydrogen-bond donors (Lipinski definition) is 1. The summed E-state index contributed by atoms with van der Waals surface area (Å²) in [4.78, 5) is 7.19. The standard InChI is InChI=1S/C7H5N2.Al/c1-2-6-3-5-9-7(6)8-4-1;/h2-5H,(H,8,9);. The second kappa shape index (κ2) is 2.12. The van der Waals surface area contributed by atoms with E-state index in [4.69, 9.17) is 0 Å². The quantitative estimate of drug-likeness (QED) is 0.531. The molecule has 2 radical (unpaired) electrons. The molecule has 2 aromatic rings. The molecule has 0 saturated heterocycles. The van der Waals surface area contributed by atoms with Gasteiger partial charge in [0.2, 0.25) is 0 Å². The Bertz CT molecular complexity index is 353. The van der Waals surface area contributed by atoms with Crippen LogP contribution in [0, 0.1) is 0 Å². The number of H-pyrrole nitrogens is 1. The van der Waals surface area contributed by atoms with Gasteiger partial charge in [0, 0.05) is 17.8 Å². The summed E-state index contributed by atoms with van der Waals surface area (Å²) in [6.07, 6.45) is 3.71. The smallest absolute Gasteiger partial charge is 0.178 e. The summed E-state index contributed by atoms with van der Waals surface area (Å²) in [7, 11) is 0. The Morgan fingerprint density at radius 2 is 2.40 bits per heavy atom. The summed E-state index contributed by atoms with van der Waals surface area (Å²) in [5, 5.41) is 1.16. The molecule has 2 aromatic heterocycles. The Kier molecular flexibility index (Phi) is 1.27. The molecule has 0 saturated carbocycles. The minimum absolute atomic E-state index is 0.950. The van der Waals surface area contributed by atoms with E-state index in [2.05, 4.69) is 32.3 Å². The first-order valence-electron chi connectivity index (χ1n) is 3.05. The maximum atomic E-state index is 4.16. The maximum absolute atomic E-state index is 4.16. The predicted molar refractivity (Wildman–Crippen MR) is 41.5 cm³/mol. The van der Waals surface area contributed by atoms with Crippen molar-refractivity contribution in [3.05, 3.63) is 24.5 Å². The van der Waals surface area contributed by atoms with Crippen molar-refractivity contribution in [2.24, 2.45) is 0 Å². The highest BCUT2D eigenvalue weighted by Crippen LogP contribution is 2.04. The number of aromatic amines is 1. The highest BCUT2D eigenvalue weighted by atomic mass is 27.0. The zero-order chi connectivity index (χ0) is 6.97. The van der Waals surface area contributed by atoms with Crippen molar-refractivity contribution in [2.75, 3.05) is 0 Å². The normalized spacial score (nSPS) is 10.4. The van der Waals surface area contributed by atoms with Crippen molar-refractivity contribution in [3.63, 3.8) is 0 Å². The molecule has 0 spiro atoms. The Morgan fingerprint density at radius 3 is 3.30 bits per heavy atom. The molecule has 2 heterocycles. The second-order valence-electron chi connectivity index (χ2n) is 2.18. The van der Waals surface area contributed by atoms with Gasteiger partial charge in [0.25, 0.3) is 0 Å². The fourth-order valence-corrected chi connectivity index (χ4v) is 1.21. The van der Waals surface area contributed by atoms with E-state index in [9.17, 15) is 0 Å². The Balaban J connectivity index is 2.86. The highest BCUT2D eigenvalue weighted by molar-refractivity contribution is 6.32. The summed E-state index contributed by atoms with van der Waals surface area (Å²) in [6.45, 7) is 0. The number of hydrogen-bond acceptors (Lipinski definition) is 1. The van der Waals surface area contributed by atoms with Gasteiger partial charge in [0.05, 0.1) is 0 Å². The summed E-state index contributed by atoms with van der Waals surface area (Å²) >= 11 is 2.62. The number of nitrogens with one attached hydrogen (secondary N) is 1. The number of rotatable bonds is 0. The van der Waals surface area contributed by atoms with Crippen LogP contribution in [0.5, 0.6) is 0 Å². The fraction of sp³-hybridized carbons (Fsp3) is 0. The monoisotopic (exact) mass is 144 g/mol. The van der Waals surface area contributed by atoms with Crippen molar-refractivity contribution in [3.8, 4) is 0 Å². The van der Waals surface area contributed by atoms with Crippen LogP contribution >= 0.6 is 0 Å². The largest absolute Gasteiger partial charge is 0.346 e. The van der Waals surface area contributed by atoms with Gasteiger partial charge >= 0.3 is 0 Å². The SMILES string of the molecule is [Al][c]1cnc2[nH]ccc2c1. The van der Waals surface area contributed by atoms with Gasteiger partial charge < -0.3 is 4.98 Å². The van der Waals surface area contributed by atoms with E-state index in [0.717, 1.165) is 15.5 Å². The van der Waals surface area contributed by atoms with Gasteiger partial charge in [-0.2, -0.15) is 0 Å². The van der Waals surface area contributed by atoms with Crippen LogP contribution in [0.15, 0.2) is 24.5 Å². The van der Waals surface area contributed by atoms with Crippen LogP contribution in [0.1, 0.15) is 0 Å². The molecule has 2 nitrogen and oxygen atoms in total. The summed E-state index contributed by atoms with van der Waals surface area (Å²) in [6, 6.07) is 4.08. The minimum atomic E-state index is 0.950. The second-order valence-corrected chi connectivity index (χ2v) is 2.85. The lowest BCUT2D eigenvalue weighted by atomic mass is 10.3. The zero-order valence-corrected chi connectivity index (χ0v) is 6.49. The fourth-order valence-electron chi connectivity index (χ4n) is 0.957. The van der Waals surface area contributed by atoms with E-state index in [1.165, 1.54) is 0 Å². The molecule has 0 aliphatic carbocycles. The first kappa shape index (κ1) is 5.97. The van der Waals surface area contributed by atoms with Crippen LogP contribution in [0.4, 0.5) is 0 Å². The number of nitrogens with zero attached hydrogens (tertiary/aromatic N) is 1. The van der Waals surface area contributed by atoms with Crippen molar-refractivity contribution >= 4 is 31.7 Å². The highest BCUT2D eigenvalue weighted by Gasteiger charge is 1.91. The van der Waals surface area contributed by atoms with E-state index in [1.807, 2.05) is 18.5 Å². The first-order valence-corrected chi connectivity index (χ1v) is 3.62. The molecule has 3 heteroatoms. The molecular formula is C7H5AlN2. The molecule has 2 rings (SSSR count). The zero-order valence-electron chi connectivity index (χ0n) is 5.33. The van der Waals surface area contributed by atoms with Gasteiger partial charge in [-0.05, 0) is 6.07 Å². The number of fused-ring (bicyclic) bond motifs is 1. The molecule has 0 aromatic carbocycles. The predicted octanol–water partition coefficient (Wildman–Crippen LogP) is 0.357. The van der Waals surface area contributed by atoms with Gasteiger partial charge in [-0.3, -0.25) is 0 Å². The molecule has 0 aliphatic heterocycles. The van der Waals surface area contributed by atoms with Crippen LogP contribution in [0.25, 0.3) is 11.0 Å². The van der Waals surface area contributed by atoms with Gasteiger partial charge in [0.15, 0.2) is 16.3 Å². The van der Waals surface area contributed by atoms with Crippen LogP contribution in [-0.2, 0) is 0 Å². The molecule has 10 heavy (non-hydrogen) atoms. The third kappa shape index (κ3) is 0.842. The Hall–Kier alpha value is -0.778. The Labute approximate surface area is 66.7 Å². The van der Waals surface area contributed by atoms with Gasteiger partial charge in [0.1, 0.15) is 5.65 Å². The number of aromatic nitrogens is 2. The van der Waals surface area contributed by atoms with Crippen molar-refractivity contribution in [1.29, 1.82) is 0 Å². The van der Waals surface area contributed by atoms with Crippen LogP contribution in [-0.4, -0.2) is 26.3 Å². The van der Waals surface area contributed by atoms with Crippen molar-refractivity contribution in [2.45, 2.75) is 0 Å². The van der Waals surface area contributed by atoms with Crippen LogP contribution in [0.3, 0.4) is 0 Å². The molecule has 0 atom stereocenters. The van der Waals surface area contributed by atoms with Crippen LogP contribution in [0.2, 0.25) is 0 Å². The maximum Gasteiger partial charge on any atom is 0.178 e. The lowest BCUT2D eigenvalue weighted by Crippen LogP contribution is -2.01. The van der Waals surface area contributed by atoms with E-state index in [1.54, 1.807) is 0 Å². The molecular weight excluding hydrogens is 139 g/mol. The summed E-state index contributed by atoms with van der Waals surface area (Å²) in [5.41, 5.74) is 0.950. The van der Waals surface area contributed by atoms with Crippen molar-refractivity contribution < 1.29 is 0 Å². The average molecular weight is 144 g/mol. The van der Waals surface area contributed by atoms with Crippen molar-refractivity contribution in [1.82, 2.24) is 9.97 Å². The average Bonchev–Trinajstić information content (AvgIpc) is 2.33. The third-order valence-electron chi connectivity index (χ3n) is 1.42. The minimum Gasteiger partial charge on any atom is -0.346 e. The summed E-state index contributed by atoms with van der Waals surface area (Å²) < 4.78 is 1.12. The van der Waals surface area contributed by atoms with E-state index < -0.39 is 0 Å². The third-order valence-corrected chi connectivity index (χ3v) is 1.74. The van der Waals surface area contributed by atoms with Crippen LogP contribution < -0.4 is 4.43 Å². The van der Waals surface area contributed by atoms with E-state index in [-0.39, 0.29) is 0 Å². The van der Waals surface area contributed by atoms with Gasteiger partial charge in [-0.15, -0.1) is 4.43 Å². The topological polar surface area (TPSA) is 28.7 Å². The molecule has 0 fully saturated rings. The molecule has 0 amide bonds. The molecule has 1 N–H and O–H groups in total. The summed E-state index contributed by atoms with van der Waals surface area (Å²) in [5.74, 6) is 0. The lowest BCUT2D eigenvalue weighted by Gasteiger charge is -1.90. The molecule has 0 aliphatic rings. The number of pyridine rings is 1. The van der Waals surface area contributed by atoms with Gasteiger partial charge in [-0.1, -0.05) is 6.07 Å². The molecule has 0 unspecified atom stereocenters. The van der Waals surface area contributed by atoms with E-state index in [0.29, 0.717) is 0 Å². The molecule has 0 bridgehead atoms. The molecule has 46 valence electrons. The first-order chi connectivity index (χ1) is 4.86.